The number of ether oxygens (including phenoxy) is 1. The fourth-order valence-corrected chi connectivity index (χ4v) is 3.90. The summed E-state index contributed by atoms with van der Waals surface area (Å²) in [4.78, 5) is 0.373. The second-order valence-electron chi connectivity index (χ2n) is 3.59. The Morgan fingerprint density at radius 3 is 2.87 bits per heavy atom. The van der Waals surface area contributed by atoms with Gasteiger partial charge < -0.3 is 10.5 Å². The SMILES string of the molecule is COc1cccc2c1C(CN)CS2(=O)=O. The van der Waals surface area contributed by atoms with Crippen molar-refractivity contribution in [3.63, 3.8) is 0 Å². The number of methoxy groups -OCH3 is 1. The van der Waals surface area contributed by atoms with E-state index in [4.69, 9.17) is 10.5 Å². The van der Waals surface area contributed by atoms with Gasteiger partial charge in [-0.25, -0.2) is 8.42 Å². The normalized spacial score (nSPS) is 22.4. The van der Waals surface area contributed by atoms with E-state index in [1.165, 1.54) is 7.11 Å². The second kappa shape index (κ2) is 3.50. The lowest BCUT2D eigenvalue weighted by atomic mass is 10.0. The van der Waals surface area contributed by atoms with E-state index in [1.807, 2.05) is 0 Å². The first-order valence-electron chi connectivity index (χ1n) is 4.70. The van der Waals surface area contributed by atoms with Crippen molar-refractivity contribution in [1.29, 1.82) is 0 Å². The second-order valence-corrected chi connectivity index (χ2v) is 5.59. The molecule has 0 aromatic heterocycles. The molecule has 0 fully saturated rings. The molecule has 0 spiro atoms. The molecule has 1 atom stereocenters. The van der Waals surface area contributed by atoms with Gasteiger partial charge in [0, 0.05) is 18.0 Å². The number of benzene rings is 1. The van der Waals surface area contributed by atoms with E-state index in [-0.39, 0.29) is 11.7 Å². The van der Waals surface area contributed by atoms with E-state index < -0.39 is 9.84 Å². The molecule has 0 bridgehead atoms. The van der Waals surface area contributed by atoms with Crippen LogP contribution in [0.1, 0.15) is 11.5 Å². The fourth-order valence-electron chi connectivity index (χ4n) is 2.00. The van der Waals surface area contributed by atoms with Crippen LogP contribution in [0.15, 0.2) is 23.1 Å². The van der Waals surface area contributed by atoms with Gasteiger partial charge in [0.1, 0.15) is 5.75 Å². The van der Waals surface area contributed by atoms with Gasteiger partial charge in [-0.2, -0.15) is 0 Å². The van der Waals surface area contributed by atoms with E-state index in [0.29, 0.717) is 17.2 Å². The van der Waals surface area contributed by atoms with Crippen LogP contribution in [-0.4, -0.2) is 27.8 Å². The Morgan fingerprint density at radius 2 is 2.27 bits per heavy atom. The third-order valence-electron chi connectivity index (χ3n) is 2.69. The van der Waals surface area contributed by atoms with E-state index in [9.17, 15) is 8.42 Å². The molecule has 1 aliphatic heterocycles. The minimum Gasteiger partial charge on any atom is -0.496 e. The lowest BCUT2D eigenvalue weighted by molar-refractivity contribution is 0.406. The lowest BCUT2D eigenvalue weighted by Crippen LogP contribution is -2.14. The first-order chi connectivity index (χ1) is 7.10. The highest BCUT2D eigenvalue weighted by atomic mass is 32.2. The molecule has 1 unspecified atom stereocenters. The summed E-state index contributed by atoms with van der Waals surface area (Å²) in [6, 6.07) is 5.07. The molecule has 1 heterocycles. The average molecular weight is 227 g/mol. The Morgan fingerprint density at radius 1 is 1.53 bits per heavy atom. The minimum atomic E-state index is -3.16. The molecule has 1 aliphatic rings. The molecule has 2 rings (SSSR count). The zero-order chi connectivity index (χ0) is 11.1. The van der Waals surface area contributed by atoms with Gasteiger partial charge in [-0.3, -0.25) is 0 Å². The third-order valence-corrected chi connectivity index (χ3v) is 4.56. The first-order valence-corrected chi connectivity index (χ1v) is 6.35. The first kappa shape index (κ1) is 10.4. The van der Waals surface area contributed by atoms with Crippen molar-refractivity contribution in [2.75, 3.05) is 19.4 Å². The number of rotatable bonds is 2. The van der Waals surface area contributed by atoms with Crippen molar-refractivity contribution in [1.82, 2.24) is 0 Å². The van der Waals surface area contributed by atoms with Gasteiger partial charge in [0.05, 0.1) is 17.8 Å². The molecule has 2 N–H and O–H groups in total. The highest BCUT2D eigenvalue weighted by Gasteiger charge is 2.36. The van der Waals surface area contributed by atoms with Gasteiger partial charge in [0.15, 0.2) is 9.84 Å². The zero-order valence-corrected chi connectivity index (χ0v) is 9.25. The Labute approximate surface area is 89.0 Å². The number of fused-ring (bicyclic) bond motifs is 1. The van der Waals surface area contributed by atoms with Crippen molar-refractivity contribution in [2.24, 2.45) is 5.73 Å². The summed E-state index contributed by atoms with van der Waals surface area (Å²) in [5, 5.41) is 0. The highest BCUT2D eigenvalue weighted by Crippen LogP contribution is 2.40. The maximum Gasteiger partial charge on any atom is 0.179 e. The number of nitrogens with two attached hydrogens (primary N) is 1. The predicted molar refractivity (Wildman–Crippen MR) is 56.8 cm³/mol. The average Bonchev–Trinajstić information content (AvgIpc) is 2.50. The number of hydrogen-bond donors (Lipinski definition) is 1. The van der Waals surface area contributed by atoms with E-state index in [1.54, 1.807) is 18.2 Å². The van der Waals surface area contributed by atoms with Crippen LogP contribution in [0.25, 0.3) is 0 Å². The molecule has 0 saturated carbocycles. The van der Waals surface area contributed by atoms with Gasteiger partial charge in [-0.05, 0) is 12.1 Å². The summed E-state index contributed by atoms with van der Waals surface area (Å²) in [6.07, 6.45) is 0. The van der Waals surface area contributed by atoms with Crippen LogP contribution in [-0.2, 0) is 9.84 Å². The summed E-state index contributed by atoms with van der Waals surface area (Å²) < 4.78 is 28.7. The van der Waals surface area contributed by atoms with Gasteiger partial charge in [0.25, 0.3) is 0 Å². The van der Waals surface area contributed by atoms with E-state index >= 15 is 0 Å². The largest absolute Gasteiger partial charge is 0.496 e. The summed E-state index contributed by atoms with van der Waals surface area (Å²) >= 11 is 0. The Balaban J connectivity index is 2.69. The highest BCUT2D eigenvalue weighted by molar-refractivity contribution is 7.91. The Kier molecular flexibility index (Phi) is 2.44. The molecule has 4 nitrogen and oxygen atoms in total. The smallest absolute Gasteiger partial charge is 0.179 e. The van der Waals surface area contributed by atoms with Crippen LogP contribution in [0.2, 0.25) is 0 Å². The maximum atomic E-state index is 11.8. The number of sulfone groups is 1. The quantitative estimate of drug-likeness (QED) is 0.800. The summed E-state index contributed by atoms with van der Waals surface area (Å²) in [5.41, 5.74) is 6.31. The maximum absolute atomic E-state index is 11.8. The topological polar surface area (TPSA) is 69.4 Å². The summed E-state index contributed by atoms with van der Waals surface area (Å²) in [6.45, 7) is 0.326. The van der Waals surface area contributed by atoms with Crippen molar-refractivity contribution >= 4 is 9.84 Å². The summed E-state index contributed by atoms with van der Waals surface area (Å²) in [7, 11) is -1.62. The summed E-state index contributed by atoms with van der Waals surface area (Å²) in [5.74, 6) is 0.573. The predicted octanol–water partition coefficient (Wildman–Crippen LogP) is 0.525. The standard InChI is InChI=1S/C10H13NO3S/c1-14-8-3-2-4-9-10(8)7(5-11)6-15(9,12)13/h2-4,7H,5-6,11H2,1H3. The molecular weight excluding hydrogens is 214 g/mol. The van der Waals surface area contributed by atoms with Gasteiger partial charge in [0.2, 0.25) is 0 Å². The van der Waals surface area contributed by atoms with Crippen molar-refractivity contribution in [3.05, 3.63) is 23.8 Å². The Hall–Kier alpha value is -1.07. The van der Waals surface area contributed by atoms with Gasteiger partial charge >= 0.3 is 0 Å². The van der Waals surface area contributed by atoms with Gasteiger partial charge in [-0.15, -0.1) is 0 Å². The van der Waals surface area contributed by atoms with Crippen LogP contribution in [0.5, 0.6) is 5.75 Å². The molecule has 0 amide bonds. The van der Waals surface area contributed by atoms with Crippen LogP contribution in [0, 0.1) is 0 Å². The molecule has 15 heavy (non-hydrogen) atoms. The molecule has 82 valence electrons. The Bertz CT molecular complexity index is 481. The molecule has 0 aliphatic carbocycles. The van der Waals surface area contributed by atoms with Crippen molar-refractivity contribution in [2.45, 2.75) is 10.8 Å². The van der Waals surface area contributed by atoms with E-state index in [2.05, 4.69) is 0 Å². The molecule has 0 radical (unpaired) electrons. The van der Waals surface area contributed by atoms with Crippen molar-refractivity contribution < 1.29 is 13.2 Å². The van der Waals surface area contributed by atoms with E-state index in [0.717, 1.165) is 5.56 Å². The van der Waals surface area contributed by atoms with Crippen LogP contribution in [0.3, 0.4) is 0 Å². The fraction of sp³-hybridized carbons (Fsp3) is 0.400. The molecule has 1 aromatic rings. The van der Waals surface area contributed by atoms with Crippen molar-refractivity contribution in [3.8, 4) is 5.75 Å². The van der Waals surface area contributed by atoms with Crippen LogP contribution >= 0.6 is 0 Å². The number of hydrogen-bond acceptors (Lipinski definition) is 4. The van der Waals surface area contributed by atoms with Crippen LogP contribution in [0.4, 0.5) is 0 Å². The molecule has 0 saturated heterocycles. The lowest BCUT2D eigenvalue weighted by Gasteiger charge is -2.10. The zero-order valence-electron chi connectivity index (χ0n) is 8.43. The van der Waals surface area contributed by atoms with Crippen LogP contribution < -0.4 is 10.5 Å². The van der Waals surface area contributed by atoms with Gasteiger partial charge in [-0.1, -0.05) is 6.07 Å². The third kappa shape index (κ3) is 1.52. The minimum absolute atomic E-state index is 0.0964. The monoisotopic (exact) mass is 227 g/mol. The molecular formula is C10H13NO3S. The molecule has 5 heteroatoms. The molecule has 1 aromatic carbocycles.